The van der Waals surface area contributed by atoms with E-state index >= 15 is 0 Å². The minimum atomic E-state index is -2.92. The second-order valence-electron chi connectivity index (χ2n) is 5.51. The second kappa shape index (κ2) is 7.94. The van der Waals surface area contributed by atoms with Crippen molar-refractivity contribution in [3.63, 3.8) is 0 Å². The third-order valence-electron chi connectivity index (χ3n) is 3.82. The summed E-state index contributed by atoms with van der Waals surface area (Å²) in [6.07, 6.45) is 0. The van der Waals surface area contributed by atoms with Crippen molar-refractivity contribution in [1.82, 2.24) is 0 Å². The number of ether oxygens (including phenoxy) is 2. The van der Waals surface area contributed by atoms with Crippen LogP contribution in [0.15, 0.2) is 48.5 Å². The molecule has 0 aliphatic carbocycles. The fourth-order valence-corrected chi connectivity index (χ4v) is 2.59. The van der Waals surface area contributed by atoms with Crippen LogP contribution < -0.4 is 15.0 Å². The van der Waals surface area contributed by atoms with Crippen molar-refractivity contribution in [3.05, 3.63) is 54.1 Å². The third kappa shape index (κ3) is 4.67. The molecule has 1 heterocycles. The number of halogens is 2. The van der Waals surface area contributed by atoms with Gasteiger partial charge in [0.25, 0.3) is 5.91 Å². The molecule has 2 aromatic carbocycles. The van der Waals surface area contributed by atoms with E-state index < -0.39 is 6.61 Å². The predicted molar refractivity (Wildman–Crippen MR) is 90.5 cm³/mol. The molecule has 132 valence electrons. The molecule has 0 aromatic heterocycles. The summed E-state index contributed by atoms with van der Waals surface area (Å²) in [6.45, 7) is 0.155. The number of carbonyl (C=O) groups is 1. The topological polar surface area (TPSA) is 50.8 Å². The highest BCUT2D eigenvalue weighted by molar-refractivity contribution is 6.04. The van der Waals surface area contributed by atoms with Gasteiger partial charge in [-0.15, -0.1) is 0 Å². The summed E-state index contributed by atoms with van der Waals surface area (Å²) in [4.78, 5) is 14.5. The van der Waals surface area contributed by atoms with Gasteiger partial charge in [-0.05, 0) is 42.5 Å². The third-order valence-corrected chi connectivity index (χ3v) is 3.82. The number of alkyl halides is 2. The SMILES string of the molecule is O=C(Nc1ccc(N2CCOCC2)cc1)c1cccc(OC(F)F)c1. The molecule has 0 bridgehead atoms. The van der Waals surface area contributed by atoms with Crippen molar-refractivity contribution >= 4 is 17.3 Å². The number of morpholine rings is 1. The summed E-state index contributed by atoms with van der Waals surface area (Å²) in [6, 6.07) is 13.2. The molecule has 0 saturated carbocycles. The first kappa shape index (κ1) is 17.2. The Morgan fingerprint density at radius 1 is 1.12 bits per heavy atom. The lowest BCUT2D eigenvalue weighted by atomic mass is 10.2. The Morgan fingerprint density at radius 2 is 1.84 bits per heavy atom. The van der Waals surface area contributed by atoms with E-state index in [1.807, 2.05) is 24.3 Å². The van der Waals surface area contributed by atoms with Gasteiger partial charge in [0.2, 0.25) is 0 Å². The monoisotopic (exact) mass is 348 g/mol. The summed E-state index contributed by atoms with van der Waals surface area (Å²) in [5.41, 5.74) is 1.94. The average Bonchev–Trinajstić information content (AvgIpc) is 2.63. The van der Waals surface area contributed by atoms with Crippen LogP contribution in [-0.4, -0.2) is 38.8 Å². The van der Waals surface area contributed by atoms with E-state index in [-0.39, 0.29) is 17.2 Å². The lowest BCUT2D eigenvalue weighted by molar-refractivity contribution is -0.0498. The van der Waals surface area contributed by atoms with Crippen molar-refractivity contribution in [2.75, 3.05) is 36.5 Å². The molecule has 1 N–H and O–H groups in total. The zero-order valence-corrected chi connectivity index (χ0v) is 13.5. The summed E-state index contributed by atoms with van der Waals surface area (Å²) < 4.78 is 34.1. The molecule has 0 radical (unpaired) electrons. The number of nitrogens with zero attached hydrogens (tertiary/aromatic N) is 1. The first-order valence-corrected chi connectivity index (χ1v) is 7.91. The lowest BCUT2D eigenvalue weighted by Crippen LogP contribution is -2.36. The summed E-state index contributed by atoms with van der Waals surface area (Å²) in [7, 11) is 0. The van der Waals surface area contributed by atoms with Crippen LogP contribution in [0.2, 0.25) is 0 Å². The minimum absolute atomic E-state index is 0.0506. The molecular weight excluding hydrogens is 330 g/mol. The summed E-state index contributed by atoms with van der Waals surface area (Å²) >= 11 is 0. The molecule has 2 aromatic rings. The normalized spacial score (nSPS) is 14.4. The van der Waals surface area contributed by atoms with Crippen LogP contribution in [0, 0.1) is 0 Å². The maximum absolute atomic E-state index is 12.3. The number of hydrogen-bond donors (Lipinski definition) is 1. The van der Waals surface area contributed by atoms with Crippen molar-refractivity contribution in [2.24, 2.45) is 0 Å². The first-order valence-electron chi connectivity index (χ1n) is 7.91. The van der Waals surface area contributed by atoms with Crippen LogP contribution in [0.4, 0.5) is 20.2 Å². The molecule has 5 nitrogen and oxygen atoms in total. The molecule has 0 spiro atoms. The molecule has 0 unspecified atom stereocenters. The predicted octanol–water partition coefficient (Wildman–Crippen LogP) is 3.38. The van der Waals surface area contributed by atoms with Crippen LogP contribution in [-0.2, 0) is 4.74 Å². The van der Waals surface area contributed by atoms with Crippen molar-refractivity contribution in [2.45, 2.75) is 6.61 Å². The molecule has 1 aliphatic heterocycles. The quantitative estimate of drug-likeness (QED) is 0.900. The van der Waals surface area contributed by atoms with Crippen LogP contribution >= 0.6 is 0 Å². The Hall–Kier alpha value is -2.67. The Balaban J connectivity index is 1.64. The van der Waals surface area contributed by atoms with Crippen LogP contribution in [0.25, 0.3) is 0 Å². The van der Waals surface area contributed by atoms with Crippen LogP contribution in [0.5, 0.6) is 5.75 Å². The van der Waals surface area contributed by atoms with Crippen LogP contribution in [0.1, 0.15) is 10.4 Å². The fraction of sp³-hybridized carbons (Fsp3) is 0.278. The maximum Gasteiger partial charge on any atom is 0.387 e. The van der Waals surface area contributed by atoms with Crippen molar-refractivity contribution < 1.29 is 23.0 Å². The molecule has 1 aliphatic rings. The van der Waals surface area contributed by atoms with E-state index in [9.17, 15) is 13.6 Å². The fourth-order valence-electron chi connectivity index (χ4n) is 2.59. The molecule has 7 heteroatoms. The minimum Gasteiger partial charge on any atom is -0.435 e. The highest BCUT2D eigenvalue weighted by atomic mass is 19.3. The number of carbonyl (C=O) groups excluding carboxylic acids is 1. The van der Waals surface area contributed by atoms with Gasteiger partial charge in [0.05, 0.1) is 13.2 Å². The van der Waals surface area contributed by atoms with E-state index in [0.717, 1.165) is 18.8 Å². The molecular formula is C18H18F2N2O3. The van der Waals surface area contributed by atoms with Gasteiger partial charge in [-0.1, -0.05) is 6.07 Å². The van der Waals surface area contributed by atoms with Crippen molar-refractivity contribution in [1.29, 1.82) is 0 Å². The zero-order valence-electron chi connectivity index (χ0n) is 13.5. The number of amides is 1. The zero-order chi connectivity index (χ0) is 17.6. The van der Waals surface area contributed by atoms with Gasteiger partial charge in [0, 0.05) is 30.0 Å². The van der Waals surface area contributed by atoms with Gasteiger partial charge in [0.15, 0.2) is 0 Å². The molecule has 1 saturated heterocycles. The van der Waals surface area contributed by atoms with E-state index in [2.05, 4.69) is 15.0 Å². The van der Waals surface area contributed by atoms with Gasteiger partial charge >= 0.3 is 6.61 Å². The van der Waals surface area contributed by atoms with Gasteiger partial charge in [-0.3, -0.25) is 4.79 Å². The number of hydrogen-bond acceptors (Lipinski definition) is 4. The molecule has 25 heavy (non-hydrogen) atoms. The summed E-state index contributed by atoms with van der Waals surface area (Å²) in [5, 5.41) is 2.74. The van der Waals surface area contributed by atoms with E-state index in [1.54, 1.807) is 0 Å². The lowest BCUT2D eigenvalue weighted by Gasteiger charge is -2.28. The highest BCUT2D eigenvalue weighted by Crippen LogP contribution is 2.21. The standard InChI is InChI=1S/C18H18F2N2O3/c19-18(20)25-16-3-1-2-13(12-16)17(23)21-14-4-6-15(7-5-14)22-8-10-24-11-9-22/h1-7,12,18H,8-11H2,(H,21,23). The second-order valence-corrected chi connectivity index (χ2v) is 5.51. The Bertz CT molecular complexity index is 717. The molecule has 3 rings (SSSR count). The number of anilines is 2. The van der Waals surface area contributed by atoms with Crippen LogP contribution in [0.3, 0.4) is 0 Å². The van der Waals surface area contributed by atoms with Gasteiger partial charge in [-0.25, -0.2) is 0 Å². The van der Waals surface area contributed by atoms with Gasteiger partial charge < -0.3 is 19.7 Å². The number of benzene rings is 2. The molecule has 1 fully saturated rings. The van der Waals surface area contributed by atoms with Gasteiger partial charge in [-0.2, -0.15) is 8.78 Å². The Morgan fingerprint density at radius 3 is 2.52 bits per heavy atom. The van der Waals surface area contributed by atoms with Crippen molar-refractivity contribution in [3.8, 4) is 5.75 Å². The maximum atomic E-state index is 12.3. The summed E-state index contributed by atoms with van der Waals surface area (Å²) in [5.74, 6) is -0.441. The van der Waals surface area contributed by atoms with E-state index in [0.29, 0.717) is 18.9 Å². The Labute approximate surface area is 144 Å². The number of nitrogens with one attached hydrogen (secondary N) is 1. The molecule has 0 atom stereocenters. The smallest absolute Gasteiger partial charge is 0.387 e. The Kier molecular flexibility index (Phi) is 5.45. The highest BCUT2D eigenvalue weighted by Gasteiger charge is 2.12. The largest absolute Gasteiger partial charge is 0.435 e. The van der Waals surface area contributed by atoms with Gasteiger partial charge in [0.1, 0.15) is 5.75 Å². The van der Waals surface area contributed by atoms with E-state index in [4.69, 9.17) is 4.74 Å². The first-order chi connectivity index (χ1) is 12.1. The average molecular weight is 348 g/mol. The molecule has 1 amide bonds. The number of rotatable bonds is 5. The van der Waals surface area contributed by atoms with E-state index in [1.165, 1.54) is 24.3 Å².